The fourth-order valence-corrected chi connectivity index (χ4v) is 4.50. The van der Waals surface area contributed by atoms with E-state index in [0.29, 0.717) is 13.1 Å². The van der Waals surface area contributed by atoms with E-state index in [1.54, 1.807) is 0 Å². The van der Waals surface area contributed by atoms with Crippen molar-refractivity contribution in [3.05, 3.63) is 60.2 Å². The van der Waals surface area contributed by atoms with Gasteiger partial charge in [0.1, 0.15) is 0 Å². The summed E-state index contributed by atoms with van der Waals surface area (Å²) >= 11 is 0. The van der Waals surface area contributed by atoms with Crippen molar-refractivity contribution in [3.8, 4) is 0 Å². The third-order valence-corrected chi connectivity index (χ3v) is 6.37. The molecule has 2 saturated heterocycles. The van der Waals surface area contributed by atoms with Gasteiger partial charge in [-0.15, -0.1) is 0 Å². The summed E-state index contributed by atoms with van der Waals surface area (Å²) in [7, 11) is 0. The molecule has 3 N–H and O–H groups in total. The minimum absolute atomic E-state index is 0.0263. The van der Waals surface area contributed by atoms with Gasteiger partial charge in [0.2, 0.25) is 5.91 Å². The topological polar surface area (TPSA) is 85.9 Å². The molecule has 2 aromatic carbocycles. The molecule has 2 aromatic rings. The van der Waals surface area contributed by atoms with Gasteiger partial charge < -0.3 is 20.7 Å². The lowest BCUT2D eigenvalue weighted by Crippen LogP contribution is -2.49. The van der Waals surface area contributed by atoms with Crippen molar-refractivity contribution in [2.75, 3.05) is 56.6 Å². The number of para-hydroxylation sites is 1. The van der Waals surface area contributed by atoms with Crippen molar-refractivity contribution >= 4 is 23.3 Å². The molecule has 182 valence electrons. The molecule has 0 spiro atoms. The number of likely N-dealkylation sites (tertiary alicyclic amines) is 1. The number of piperidine rings is 1. The molecule has 2 aliphatic rings. The first-order valence-corrected chi connectivity index (χ1v) is 12.2. The molecule has 2 heterocycles. The lowest BCUT2D eigenvalue weighted by molar-refractivity contribution is -0.118. The molecule has 4 rings (SSSR count). The van der Waals surface area contributed by atoms with E-state index in [0.717, 1.165) is 70.0 Å². The quantitative estimate of drug-likeness (QED) is 0.558. The number of amides is 3. The van der Waals surface area contributed by atoms with E-state index in [2.05, 4.69) is 37.9 Å². The zero-order chi connectivity index (χ0) is 23.6. The Morgan fingerprint density at radius 3 is 2.38 bits per heavy atom. The number of rotatable bonds is 8. The monoisotopic (exact) mass is 465 g/mol. The van der Waals surface area contributed by atoms with Gasteiger partial charge >= 0.3 is 6.03 Å². The largest absolute Gasteiger partial charge is 0.379 e. The first kappa shape index (κ1) is 24.2. The normalized spacial score (nSPS) is 19.4. The maximum atomic E-state index is 12.7. The highest BCUT2D eigenvalue weighted by atomic mass is 16.5. The van der Waals surface area contributed by atoms with E-state index in [4.69, 9.17) is 4.74 Å². The molecule has 0 aliphatic carbocycles. The second-order valence-corrected chi connectivity index (χ2v) is 8.95. The predicted molar refractivity (Wildman–Crippen MR) is 134 cm³/mol. The molecule has 8 nitrogen and oxygen atoms in total. The summed E-state index contributed by atoms with van der Waals surface area (Å²) in [6, 6.07) is 17.4. The fraction of sp³-hybridized carbons (Fsp3) is 0.462. The highest BCUT2D eigenvalue weighted by Gasteiger charge is 2.24. The molecule has 0 radical (unpaired) electrons. The zero-order valence-corrected chi connectivity index (χ0v) is 19.7. The molecule has 3 amide bonds. The first-order chi connectivity index (χ1) is 16.7. The summed E-state index contributed by atoms with van der Waals surface area (Å²) in [6.07, 6.45) is 3.14. The van der Waals surface area contributed by atoms with Crippen molar-refractivity contribution in [1.82, 2.24) is 15.1 Å². The summed E-state index contributed by atoms with van der Waals surface area (Å²) < 4.78 is 5.40. The van der Waals surface area contributed by atoms with Crippen LogP contribution in [0, 0.1) is 0 Å². The van der Waals surface area contributed by atoms with Gasteiger partial charge in [-0.3, -0.25) is 14.6 Å². The number of morpholine rings is 1. The predicted octanol–water partition coefficient (Wildman–Crippen LogP) is 3.13. The Hall–Kier alpha value is -2.94. The smallest absolute Gasteiger partial charge is 0.319 e. The van der Waals surface area contributed by atoms with Crippen LogP contribution in [0.15, 0.2) is 54.6 Å². The third kappa shape index (κ3) is 7.55. The van der Waals surface area contributed by atoms with E-state index < -0.39 is 0 Å². The van der Waals surface area contributed by atoms with E-state index in [1.165, 1.54) is 5.56 Å². The Morgan fingerprint density at radius 1 is 0.882 bits per heavy atom. The number of nitrogens with zero attached hydrogens (tertiary/aromatic N) is 2. The number of hydrogen-bond acceptors (Lipinski definition) is 5. The summed E-state index contributed by atoms with van der Waals surface area (Å²) in [6.45, 7) is 6.09. The Balaban J connectivity index is 1.22. The minimum Gasteiger partial charge on any atom is -0.379 e. The van der Waals surface area contributed by atoms with Crippen molar-refractivity contribution < 1.29 is 14.3 Å². The van der Waals surface area contributed by atoms with Crippen LogP contribution in [0.4, 0.5) is 16.2 Å². The van der Waals surface area contributed by atoms with Gasteiger partial charge in [-0.1, -0.05) is 36.8 Å². The van der Waals surface area contributed by atoms with Gasteiger partial charge in [-0.05, 0) is 49.2 Å². The molecule has 2 aliphatic heterocycles. The van der Waals surface area contributed by atoms with Gasteiger partial charge in [-0.25, -0.2) is 4.79 Å². The molecule has 0 bridgehead atoms. The summed E-state index contributed by atoms with van der Waals surface area (Å²) in [4.78, 5) is 29.5. The maximum absolute atomic E-state index is 12.7. The molecular formula is C26H35N5O3. The molecule has 1 unspecified atom stereocenters. The Morgan fingerprint density at radius 2 is 1.62 bits per heavy atom. The van der Waals surface area contributed by atoms with Crippen LogP contribution in [0.2, 0.25) is 0 Å². The number of carbonyl (C=O) groups excluding carboxylic acids is 2. The SMILES string of the molecule is O=C(CN1CCCCC1CNC(=O)Nc1ccccc1)Nc1ccc(CN2CCOCC2)cc1. The molecule has 0 aromatic heterocycles. The van der Waals surface area contributed by atoms with E-state index in [9.17, 15) is 9.59 Å². The number of urea groups is 1. The number of ether oxygens (including phenoxy) is 1. The lowest BCUT2D eigenvalue weighted by atomic mass is 10.0. The van der Waals surface area contributed by atoms with Crippen molar-refractivity contribution in [1.29, 1.82) is 0 Å². The van der Waals surface area contributed by atoms with Crippen molar-refractivity contribution in [2.24, 2.45) is 0 Å². The van der Waals surface area contributed by atoms with Crippen LogP contribution < -0.4 is 16.0 Å². The third-order valence-electron chi connectivity index (χ3n) is 6.37. The van der Waals surface area contributed by atoms with Crippen LogP contribution in [0.1, 0.15) is 24.8 Å². The van der Waals surface area contributed by atoms with Gasteiger partial charge in [0.05, 0.1) is 19.8 Å². The second-order valence-electron chi connectivity index (χ2n) is 8.95. The van der Waals surface area contributed by atoms with Crippen LogP contribution in [-0.4, -0.2) is 73.7 Å². The van der Waals surface area contributed by atoms with Crippen molar-refractivity contribution in [2.45, 2.75) is 31.8 Å². The summed E-state index contributed by atoms with van der Waals surface area (Å²) in [5, 5.41) is 8.83. The minimum atomic E-state index is -0.224. The highest BCUT2D eigenvalue weighted by molar-refractivity contribution is 5.92. The molecule has 34 heavy (non-hydrogen) atoms. The second kappa shape index (κ2) is 12.5. The first-order valence-electron chi connectivity index (χ1n) is 12.2. The van der Waals surface area contributed by atoms with Crippen LogP contribution in [-0.2, 0) is 16.1 Å². The Labute approximate surface area is 201 Å². The summed E-state index contributed by atoms with van der Waals surface area (Å²) in [5.74, 6) is -0.0263. The lowest BCUT2D eigenvalue weighted by Gasteiger charge is -2.35. The number of anilines is 2. The Kier molecular flexibility index (Phi) is 8.90. The number of nitrogens with one attached hydrogen (secondary N) is 3. The number of hydrogen-bond donors (Lipinski definition) is 3. The molecule has 1 atom stereocenters. The maximum Gasteiger partial charge on any atom is 0.319 e. The van der Waals surface area contributed by atoms with Crippen LogP contribution >= 0.6 is 0 Å². The molecule has 8 heteroatoms. The van der Waals surface area contributed by atoms with E-state index in [-0.39, 0.29) is 18.0 Å². The number of carbonyl (C=O) groups is 2. The van der Waals surface area contributed by atoms with Crippen LogP contribution in [0.5, 0.6) is 0 Å². The standard InChI is InChI=1S/C26H35N5O3/c32-25(28-23-11-9-21(10-12-23)19-30-14-16-34-17-15-30)20-31-13-5-4-8-24(31)18-27-26(33)29-22-6-2-1-3-7-22/h1-3,6-7,9-12,24H,4-5,8,13-20H2,(H,28,32)(H2,27,29,33). The van der Waals surface area contributed by atoms with Gasteiger partial charge in [0.25, 0.3) is 0 Å². The van der Waals surface area contributed by atoms with E-state index in [1.807, 2.05) is 42.5 Å². The molecular weight excluding hydrogens is 430 g/mol. The highest BCUT2D eigenvalue weighted by Crippen LogP contribution is 2.17. The average molecular weight is 466 g/mol. The number of benzene rings is 2. The van der Waals surface area contributed by atoms with Gasteiger partial charge in [0.15, 0.2) is 0 Å². The zero-order valence-electron chi connectivity index (χ0n) is 19.7. The van der Waals surface area contributed by atoms with Gasteiger partial charge in [-0.2, -0.15) is 0 Å². The molecule has 2 fully saturated rings. The van der Waals surface area contributed by atoms with E-state index >= 15 is 0 Å². The fourth-order valence-electron chi connectivity index (χ4n) is 4.50. The summed E-state index contributed by atoms with van der Waals surface area (Å²) in [5.41, 5.74) is 2.80. The Bertz CT molecular complexity index is 916. The molecule has 0 saturated carbocycles. The average Bonchev–Trinajstić information content (AvgIpc) is 2.86. The van der Waals surface area contributed by atoms with Crippen LogP contribution in [0.3, 0.4) is 0 Å². The van der Waals surface area contributed by atoms with Gasteiger partial charge in [0, 0.05) is 43.6 Å². The van der Waals surface area contributed by atoms with Crippen LogP contribution in [0.25, 0.3) is 0 Å². The van der Waals surface area contributed by atoms with Crippen molar-refractivity contribution in [3.63, 3.8) is 0 Å².